The zero-order valence-electron chi connectivity index (χ0n) is 11.8. The van der Waals surface area contributed by atoms with E-state index in [1.54, 1.807) is 12.1 Å². The SMILES string of the molecule is C/C=C/[C@H](CCCC)OC(=O)c1ccccc1C(=O)O. The summed E-state index contributed by atoms with van der Waals surface area (Å²) in [6, 6.07) is 6.08. The Bertz CT molecular complexity index is 491. The van der Waals surface area contributed by atoms with Crippen molar-refractivity contribution in [3.63, 3.8) is 0 Å². The maximum absolute atomic E-state index is 12.1. The summed E-state index contributed by atoms with van der Waals surface area (Å²) in [7, 11) is 0. The maximum atomic E-state index is 12.1. The van der Waals surface area contributed by atoms with Gasteiger partial charge in [0, 0.05) is 0 Å². The molecule has 0 spiro atoms. The summed E-state index contributed by atoms with van der Waals surface area (Å²) in [4.78, 5) is 23.2. The Morgan fingerprint density at radius 1 is 1.30 bits per heavy atom. The van der Waals surface area contributed by atoms with Crippen LogP contribution in [0.15, 0.2) is 36.4 Å². The van der Waals surface area contributed by atoms with Crippen molar-refractivity contribution in [2.75, 3.05) is 0 Å². The minimum absolute atomic E-state index is 0.0350. The van der Waals surface area contributed by atoms with E-state index in [0.29, 0.717) is 0 Å². The Morgan fingerprint density at radius 3 is 2.50 bits per heavy atom. The number of hydrogen-bond acceptors (Lipinski definition) is 3. The third kappa shape index (κ3) is 4.53. The second-order valence-electron chi connectivity index (χ2n) is 4.46. The number of carboxylic acids is 1. The number of unbranched alkanes of at least 4 members (excludes halogenated alkanes) is 1. The Labute approximate surface area is 119 Å². The van der Waals surface area contributed by atoms with Crippen molar-refractivity contribution in [2.24, 2.45) is 0 Å². The van der Waals surface area contributed by atoms with Gasteiger partial charge < -0.3 is 9.84 Å². The molecule has 0 aliphatic rings. The first-order valence-corrected chi connectivity index (χ1v) is 6.76. The molecule has 0 saturated carbocycles. The first-order chi connectivity index (χ1) is 9.60. The number of benzene rings is 1. The van der Waals surface area contributed by atoms with Crippen LogP contribution in [0.1, 0.15) is 53.8 Å². The molecule has 0 radical (unpaired) electrons. The van der Waals surface area contributed by atoms with Crippen molar-refractivity contribution < 1.29 is 19.4 Å². The average Bonchev–Trinajstić information content (AvgIpc) is 2.44. The molecule has 108 valence electrons. The Morgan fingerprint density at radius 2 is 1.95 bits per heavy atom. The van der Waals surface area contributed by atoms with Crippen molar-refractivity contribution in [3.05, 3.63) is 47.5 Å². The van der Waals surface area contributed by atoms with Crippen LogP contribution in [0.25, 0.3) is 0 Å². The molecule has 4 heteroatoms. The monoisotopic (exact) mass is 276 g/mol. The quantitative estimate of drug-likeness (QED) is 0.609. The lowest BCUT2D eigenvalue weighted by Crippen LogP contribution is -2.18. The molecular weight excluding hydrogens is 256 g/mol. The van der Waals surface area contributed by atoms with Gasteiger partial charge in [-0.3, -0.25) is 0 Å². The lowest BCUT2D eigenvalue weighted by molar-refractivity contribution is 0.0370. The summed E-state index contributed by atoms with van der Waals surface area (Å²) >= 11 is 0. The number of carbonyl (C=O) groups excluding carboxylic acids is 1. The molecule has 1 rings (SSSR count). The lowest BCUT2D eigenvalue weighted by atomic mass is 10.1. The average molecular weight is 276 g/mol. The molecule has 4 nitrogen and oxygen atoms in total. The molecule has 0 bridgehead atoms. The largest absolute Gasteiger partial charge is 0.478 e. The summed E-state index contributed by atoms with van der Waals surface area (Å²) in [6.45, 7) is 3.92. The second-order valence-corrected chi connectivity index (χ2v) is 4.46. The number of allylic oxidation sites excluding steroid dienone is 1. The molecule has 0 amide bonds. The topological polar surface area (TPSA) is 63.6 Å². The van der Waals surface area contributed by atoms with Crippen LogP contribution >= 0.6 is 0 Å². The minimum Gasteiger partial charge on any atom is -0.478 e. The third-order valence-electron chi connectivity index (χ3n) is 2.89. The number of esters is 1. The Balaban J connectivity index is 2.86. The molecule has 0 heterocycles. The van der Waals surface area contributed by atoms with Crippen LogP contribution in [-0.4, -0.2) is 23.1 Å². The second kappa shape index (κ2) is 8.15. The van der Waals surface area contributed by atoms with Crippen molar-refractivity contribution in [1.82, 2.24) is 0 Å². The fourth-order valence-electron chi connectivity index (χ4n) is 1.86. The van der Waals surface area contributed by atoms with Crippen LogP contribution in [0.3, 0.4) is 0 Å². The van der Waals surface area contributed by atoms with Gasteiger partial charge in [0.15, 0.2) is 0 Å². The summed E-state index contributed by atoms with van der Waals surface area (Å²) < 4.78 is 5.38. The van der Waals surface area contributed by atoms with E-state index in [1.807, 2.05) is 19.1 Å². The van der Waals surface area contributed by atoms with E-state index in [1.165, 1.54) is 12.1 Å². The van der Waals surface area contributed by atoms with Crippen LogP contribution in [0.4, 0.5) is 0 Å². The first kappa shape index (κ1) is 16.0. The molecule has 1 N–H and O–H groups in total. The van der Waals surface area contributed by atoms with Crippen LogP contribution in [0, 0.1) is 0 Å². The number of aromatic carboxylic acids is 1. The molecule has 0 saturated heterocycles. The summed E-state index contributed by atoms with van der Waals surface area (Å²) in [5.74, 6) is -1.73. The van der Waals surface area contributed by atoms with E-state index in [-0.39, 0.29) is 17.2 Å². The van der Waals surface area contributed by atoms with Gasteiger partial charge in [0.1, 0.15) is 6.10 Å². The molecule has 0 unspecified atom stereocenters. The zero-order valence-corrected chi connectivity index (χ0v) is 11.8. The van der Waals surface area contributed by atoms with Crippen LogP contribution in [0.2, 0.25) is 0 Å². The van der Waals surface area contributed by atoms with Gasteiger partial charge in [-0.05, 0) is 38.0 Å². The van der Waals surface area contributed by atoms with Crippen LogP contribution in [-0.2, 0) is 4.74 Å². The Hall–Kier alpha value is -2.10. The number of ether oxygens (including phenoxy) is 1. The van der Waals surface area contributed by atoms with Gasteiger partial charge in [-0.1, -0.05) is 31.6 Å². The Kier molecular flexibility index (Phi) is 6.50. The molecule has 1 aromatic carbocycles. The number of carbonyl (C=O) groups is 2. The highest BCUT2D eigenvalue weighted by Gasteiger charge is 2.19. The summed E-state index contributed by atoms with van der Waals surface area (Å²) in [5, 5.41) is 9.07. The number of hydrogen-bond donors (Lipinski definition) is 1. The molecule has 1 atom stereocenters. The molecule has 20 heavy (non-hydrogen) atoms. The highest BCUT2D eigenvalue weighted by Crippen LogP contribution is 2.14. The molecule has 1 aromatic rings. The molecule has 0 aliphatic carbocycles. The van der Waals surface area contributed by atoms with E-state index in [9.17, 15) is 9.59 Å². The van der Waals surface area contributed by atoms with E-state index in [0.717, 1.165) is 19.3 Å². The molecule has 0 aromatic heterocycles. The third-order valence-corrected chi connectivity index (χ3v) is 2.89. The lowest BCUT2D eigenvalue weighted by Gasteiger charge is -2.14. The smallest absolute Gasteiger partial charge is 0.339 e. The van der Waals surface area contributed by atoms with E-state index < -0.39 is 11.9 Å². The van der Waals surface area contributed by atoms with Crippen molar-refractivity contribution >= 4 is 11.9 Å². The van der Waals surface area contributed by atoms with Gasteiger partial charge in [0.25, 0.3) is 0 Å². The number of rotatable bonds is 7. The minimum atomic E-state index is -1.13. The van der Waals surface area contributed by atoms with E-state index in [2.05, 4.69) is 6.92 Å². The van der Waals surface area contributed by atoms with E-state index in [4.69, 9.17) is 9.84 Å². The zero-order chi connectivity index (χ0) is 15.0. The highest BCUT2D eigenvalue weighted by atomic mass is 16.5. The predicted octanol–water partition coefficient (Wildman–Crippen LogP) is 3.68. The van der Waals surface area contributed by atoms with Gasteiger partial charge >= 0.3 is 11.9 Å². The van der Waals surface area contributed by atoms with Gasteiger partial charge in [-0.25, -0.2) is 9.59 Å². The molecule has 0 aliphatic heterocycles. The van der Waals surface area contributed by atoms with Gasteiger partial charge in [0.2, 0.25) is 0 Å². The predicted molar refractivity (Wildman–Crippen MR) is 76.9 cm³/mol. The highest BCUT2D eigenvalue weighted by molar-refractivity contribution is 6.02. The van der Waals surface area contributed by atoms with Crippen molar-refractivity contribution in [1.29, 1.82) is 0 Å². The standard InChI is InChI=1S/C16H20O4/c1-3-5-9-12(8-4-2)20-16(19)14-11-7-6-10-13(14)15(17)18/h4,6-8,10-12H,3,5,9H2,1-2H3,(H,17,18)/b8-4+/t12-/m1/s1. The number of carboxylic acid groups (broad SMARTS) is 1. The fraction of sp³-hybridized carbons (Fsp3) is 0.375. The van der Waals surface area contributed by atoms with Crippen molar-refractivity contribution in [3.8, 4) is 0 Å². The normalized spacial score (nSPS) is 12.3. The summed E-state index contributed by atoms with van der Waals surface area (Å²) in [5.41, 5.74) is 0.0539. The van der Waals surface area contributed by atoms with E-state index >= 15 is 0 Å². The van der Waals surface area contributed by atoms with Crippen LogP contribution < -0.4 is 0 Å². The maximum Gasteiger partial charge on any atom is 0.339 e. The summed E-state index contributed by atoms with van der Waals surface area (Å²) in [6.07, 6.45) is 6.03. The van der Waals surface area contributed by atoms with Crippen LogP contribution in [0.5, 0.6) is 0 Å². The van der Waals surface area contributed by atoms with Gasteiger partial charge in [-0.15, -0.1) is 0 Å². The van der Waals surface area contributed by atoms with Gasteiger partial charge in [0.05, 0.1) is 11.1 Å². The first-order valence-electron chi connectivity index (χ1n) is 6.76. The van der Waals surface area contributed by atoms with Gasteiger partial charge in [-0.2, -0.15) is 0 Å². The molecule has 0 fully saturated rings. The molecular formula is C16H20O4. The fourth-order valence-corrected chi connectivity index (χ4v) is 1.86. The van der Waals surface area contributed by atoms with Crippen molar-refractivity contribution in [2.45, 2.75) is 39.2 Å².